The van der Waals surface area contributed by atoms with Crippen molar-refractivity contribution in [2.45, 2.75) is 18.9 Å². The minimum Gasteiger partial charge on any atom is -0.493 e. The van der Waals surface area contributed by atoms with Crippen molar-refractivity contribution in [2.24, 2.45) is 0 Å². The van der Waals surface area contributed by atoms with Gasteiger partial charge in [0.2, 0.25) is 11.7 Å². The molecule has 2 aromatic carbocycles. The average Bonchev–Trinajstić information content (AvgIpc) is 3.15. The molecule has 1 atom stereocenters. The number of nitrogens with one attached hydrogen (secondary N) is 1. The molecule has 150 valence electrons. The summed E-state index contributed by atoms with van der Waals surface area (Å²) < 4.78 is 18.4. The van der Waals surface area contributed by atoms with Gasteiger partial charge < -0.3 is 19.5 Å². The molecule has 3 aromatic rings. The SMILES string of the molecule is COc1ccc([C@H]2CC(=O)Nc3c2cnn3Cc2ccccc2)c(OC)c1OC. The number of carbonyl (C=O) groups excluding carboxylic acids is 1. The third-order valence-electron chi connectivity index (χ3n) is 5.18. The number of hydrogen-bond acceptors (Lipinski definition) is 5. The molecule has 29 heavy (non-hydrogen) atoms. The maximum absolute atomic E-state index is 12.5. The summed E-state index contributed by atoms with van der Waals surface area (Å²) in [6, 6.07) is 13.8. The monoisotopic (exact) mass is 393 g/mol. The Morgan fingerprint density at radius 2 is 1.76 bits per heavy atom. The van der Waals surface area contributed by atoms with Crippen molar-refractivity contribution in [2.75, 3.05) is 26.6 Å². The molecule has 0 radical (unpaired) electrons. The molecule has 1 aliphatic rings. The van der Waals surface area contributed by atoms with Crippen molar-refractivity contribution < 1.29 is 19.0 Å². The molecule has 0 fully saturated rings. The highest BCUT2D eigenvalue weighted by Crippen LogP contribution is 2.47. The number of anilines is 1. The Bertz CT molecular complexity index is 1030. The smallest absolute Gasteiger partial charge is 0.226 e. The lowest BCUT2D eigenvalue weighted by Gasteiger charge is -2.26. The Hall–Kier alpha value is -3.48. The number of fused-ring (bicyclic) bond motifs is 1. The lowest BCUT2D eigenvalue weighted by molar-refractivity contribution is -0.116. The summed E-state index contributed by atoms with van der Waals surface area (Å²) in [7, 11) is 4.74. The fourth-order valence-corrected chi connectivity index (χ4v) is 3.82. The largest absolute Gasteiger partial charge is 0.493 e. The number of carbonyl (C=O) groups is 1. The maximum atomic E-state index is 12.5. The molecular weight excluding hydrogens is 370 g/mol. The van der Waals surface area contributed by atoms with Crippen molar-refractivity contribution in [1.29, 1.82) is 0 Å². The Labute approximate surface area is 169 Å². The van der Waals surface area contributed by atoms with E-state index in [0.717, 1.165) is 16.7 Å². The summed E-state index contributed by atoms with van der Waals surface area (Å²) in [6.45, 7) is 0.576. The molecule has 0 spiro atoms. The second-order valence-corrected chi connectivity index (χ2v) is 6.82. The predicted octanol–water partition coefficient (Wildman–Crippen LogP) is 3.43. The zero-order valence-corrected chi connectivity index (χ0v) is 16.6. The topological polar surface area (TPSA) is 74.6 Å². The van der Waals surface area contributed by atoms with Crippen molar-refractivity contribution in [3.05, 3.63) is 65.4 Å². The summed E-state index contributed by atoms with van der Waals surface area (Å²) in [5.41, 5.74) is 2.92. The molecule has 1 aliphatic heterocycles. The zero-order chi connectivity index (χ0) is 20.4. The van der Waals surface area contributed by atoms with Gasteiger partial charge >= 0.3 is 0 Å². The highest BCUT2D eigenvalue weighted by Gasteiger charge is 2.33. The van der Waals surface area contributed by atoms with Gasteiger partial charge in [0.1, 0.15) is 5.82 Å². The Kier molecular flexibility index (Phi) is 5.12. The van der Waals surface area contributed by atoms with Crippen LogP contribution < -0.4 is 19.5 Å². The summed E-state index contributed by atoms with van der Waals surface area (Å²) in [5.74, 6) is 2.11. The van der Waals surface area contributed by atoms with Crippen LogP contribution in [0, 0.1) is 0 Å². The van der Waals surface area contributed by atoms with Crippen molar-refractivity contribution in [3.8, 4) is 17.2 Å². The number of rotatable bonds is 6. The van der Waals surface area contributed by atoms with E-state index in [1.165, 1.54) is 0 Å². The number of amides is 1. The fourth-order valence-electron chi connectivity index (χ4n) is 3.82. The van der Waals surface area contributed by atoms with E-state index in [-0.39, 0.29) is 11.8 Å². The first-order valence-electron chi connectivity index (χ1n) is 9.34. The first kappa shape index (κ1) is 18.9. The highest BCUT2D eigenvalue weighted by molar-refractivity contribution is 5.94. The lowest BCUT2D eigenvalue weighted by Crippen LogP contribution is -2.25. The van der Waals surface area contributed by atoms with Crippen molar-refractivity contribution >= 4 is 11.7 Å². The van der Waals surface area contributed by atoms with E-state index in [1.807, 2.05) is 53.3 Å². The van der Waals surface area contributed by atoms with Gasteiger partial charge in [0.15, 0.2) is 11.5 Å². The van der Waals surface area contributed by atoms with Crippen LogP contribution in [0.15, 0.2) is 48.7 Å². The number of aromatic nitrogens is 2. The van der Waals surface area contributed by atoms with Crippen LogP contribution in [0.3, 0.4) is 0 Å². The number of methoxy groups -OCH3 is 3. The number of ether oxygens (including phenoxy) is 3. The van der Waals surface area contributed by atoms with Crippen LogP contribution >= 0.6 is 0 Å². The minimum atomic E-state index is -0.196. The summed E-state index contributed by atoms with van der Waals surface area (Å²) in [6.07, 6.45) is 2.12. The van der Waals surface area contributed by atoms with Crippen LogP contribution in [0.4, 0.5) is 5.82 Å². The molecule has 1 N–H and O–H groups in total. The van der Waals surface area contributed by atoms with E-state index in [1.54, 1.807) is 21.3 Å². The van der Waals surface area contributed by atoms with Crippen LogP contribution in [0.25, 0.3) is 0 Å². The van der Waals surface area contributed by atoms with Gasteiger partial charge in [0.05, 0.1) is 34.1 Å². The number of nitrogens with zero attached hydrogens (tertiary/aromatic N) is 2. The molecule has 0 aliphatic carbocycles. The molecule has 1 aromatic heterocycles. The first-order chi connectivity index (χ1) is 14.2. The van der Waals surface area contributed by atoms with E-state index in [0.29, 0.717) is 36.0 Å². The van der Waals surface area contributed by atoms with Crippen molar-refractivity contribution in [1.82, 2.24) is 9.78 Å². The maximum Gasteiger partial charge on any atom is 0.226 e. The van der Waals surface area contributed by atoms with Gasteiger partial charge in [-0.2, -0.15) is 5.10 Å². The normalized spacial score (nSPS) is 15.4. The summed E-state index contributed by atoms with van der Waals surface area (Å²) >= 11 is 0. The zero-order valence-electron chi connectivity index (χ0n) is 16.6. The second-order valence-electron chi connectivity index (χ2n) is 6.82. The fraction of sp³-hybridized carbons (Fsp3) is 0.273. The molecule has 0 bridgehead atoms. The average molecular weight is 393 g/mol. The van der Waals surface area contributed by atoms with E-state index >= 15 is 0 Å². The van der Waals surface area contributed by atoms with E-state index < -0.39 is 0 Å². The molecule has 2 heterocycles. The molecular formula is C22H23N3O4. The molecule has 0 saturated carbocycles. The quantitative estimate of drug-likeness (QED) is 0.695. The van der Waals surface area contributed by atoms with Gasteiger partial charge in [-0.1, -0.05) is 36.4 Å². The Morgan fingerprint density at radius 3 is 2.45 bits per heavy atom. The van der Waals surface area contributed by atoms with Gasteiger partial charge in [-0.05, 0) is 11.6 Å². The Morgan fingerprint density at radius 1 is 1.00 bits per heavy atom. The van der Waals surface area contributed by atoms with Crippen LogP contribution in [-0.4, -0.2) is 37.0 Å². The van der Waals surface area contributed by atoms with Gasteiger partial charge in [-0.15, -0.1) is 0 Å². The predicted molar refractivity (Wildman–Crippen MR) is 109 cm³/mol. The van der Waals surface area contributed by atoms with E-state index in [4.69, 9.17) is 14.2 Å². The van der Waals surface area contributed by atoms with Crippen LogP contribution in [0.5, 0.6) is 17.2 Å². The molecule has 7 nitrogen and oxygen atoms in total. The Balaban J connectivity index is 1.78. The third kappa shape index (κ3) is 3.40. The number of hydrogen-bond donors (Lipinski definition) is 1. The summed E-state index contributed by atoms with van der Waals surface area (Å²) in [5, 5.41) is 7.52. The van der Waals surface area contributed by atoms with E-state index in [2.05, 4.69) is 10.4 Å². The van der Waals surface area contributed by atoms with Gasteiger partial charge in [0.25, 0.3) is 0 Å². The van der Waals surface area contributed by atoms with Crippen molar-refractivity contribution in [3.63, 3.8) is 0 Å². The highest BCUT2D eigenvalue weighted by atomic mass is 16.5. The molecule has 7 heteroatoms. The van der Waals surface area contributed by atoms with Crippen LogP contribution in [-0.2, 0) is 11.3 Å². The van der Waals surface area contributed by atoms with Gasteiger partial charge in [-0.3, -0.25) is 4.79 Å². The van der Waals surface area contributed by atoms with Gasteiger partial charge in [-0.25, -0.2) is 4.68 Å². The molecule has 4 rings (SSSR count). The number of benzene rings is 2. The van der Waals surface area contributed by atoms with E-state index in [9.17, 15) is 4.79 Å². The first-order valence-corrected chi connectivity index (χ1v) is 9.34. The summed E-state index contributed by atoms with van der Waals surface area (Å²) in [4.78, 5) is 12.5. The minimum absolute atomic E-state index is 0.0610. The van der Waals surface area contributed by atoms with Crippen LogP contribution in [0.1, 0.15) is 29.0 Å². The standard InChI is InChI=1S/C22H23N3O4/c1-27-18-10-9-15(20(28-2)21(18)29-3)16-11-19(26)24-22-17(16)12-23-25(22)13-14-7-5-4-6-8-14/h4-10,12,16H,11,13H2,1-3H3,(H,24,26)/t16-/m1/s1. The van der Waals surface area contributed by atoms with Gasteiger partial charge in [0, 0.05) is 23.5 Å². The second kappa shape index (κ2) is 7.87. The van der Waals surface area contributed by atoms with Crippen LogP contribution in [0.2, 0.25) is 0 Å². The lowest BCUT2D eigenvalue weighted by atomic mass is 9.86. The molecule has 1 amide bonds. The molecule has 0 saturated heterocycles. The molecule has 0 unspecified atom stereocenters. The third-order valence-corrected chi connectivity index (χ3v) is 5.18.